The lowest BCUT2D eigenvalue weighted by Gasteiger charge is -2.28. The van der Waals surface area contributed by atoms with Crippen molar-refractivity contribution in [3.63, 3.8) is 0 Å². The number of nitrogens with one attached hydrogen (secondary N) is 1. The molecule has 90 valence electrons. The smallest absolute Gasteiger partial charge is 0.0613 e. The van der Waals surface area contributed by atoms with Gasteiger partial charge >= 0.3 is 0 Å². The molecule has 1 aliphatic rings. The Kier molecular flexibility index (Phi) is 5.44. The normalized spacial score (nSPS) is 31.4. The SMILES string of the molecule is CCCNC1(CO)CCC(SC(C)C)C1. The lowest BCUT2D eigenvalue weighted by Crippen LogP contribution is -2.46. The van der Waals surface area contributed by atoms with Crippen molar-refractivity contribution in [2.75, 3.05) is 13.2 Å². The van der Waals surface area contributed by atoms with Crippen LogP contribution in [0.1, 0.15) is 46.5 Å². The quantitative estimate of drug-likeness (QED) is 0.736. The van der Waals surface area contributed by atoms with Gasteiger partial charge in [-0.3, -0.25) is 0 Å². The molecule has 2 unspecified atom stereocenters. The Bertz CT molecular complexity index is 186. The fraction of sp³-hybridized carbons (Fsp3) is 1.00. The molecule has 1 rings (SSSR count). The van der Waals surface area contributed by atoms with Crippen LogP contribution in [0.15, 0.2) is 0 Å². The summed E-state index contributed by atoms with van der Waals surface area (Å²) in [5.74, 6) is 0. The average molecular weight is 231 g/mol. The molecule has 0 aromatic rings. The van der Waals surface area contributed by atoms with Crippen molar-refractivity contribution in [1.82, 2.24) is 5.32 Å². The van der Waals surface area contributed by atoms with Gasteiger partial charge in [0.25, 0.3) is 0 Å². The van der Waals surface area contributed by atoms with Crippen LogP contribution in [0, 0.1) is 0 Å². The lowest BCUT2D eigenvalue weighted by molar-refractivity contribution is 0.165. The van der Waals surface area contributed by atoms with Crippen LogP contribution in [-0.4, -0.2) is 34.3 Å². The summed E-state index contributed by atoms with van der Waals surface area (Å²) in [6, 6.07) is 0. The summed E-state index contributed by atoms with van der Waals surface area (Å²) in [7, 11) is 0. The van der Waals surface area contributed by atoms with Gasteiger partial charge in [0.2, 0.25) is 0 Å². The van der Waals surface area contributed by atoms with Gasteiger partial charge in [-0.1, -0.05) is 20.8 Å². The summed E-state index contributed by atoms with van der Waals surface area (Å²) >= 11 is 2.06. The number of aliphatic hydroxyl groups is 1. The van der Waals surface area contributed by atoms with E-state index < -0.39 is 0 Å². The monoisotopic (exact) mass is 231 g/mol. The molecule has 0 amide bonds. The van der Waals surface area contributed by atoms with E-state index in [0.29, 0.717) is 11.9 Å². The first kappa shape index (κ1) is 13.3. The number of thioether (sulfide) groups is 1. The van der Waals surface area contributed by atoms with Gasteiger partial charge in [0.15, 0.2) is 0 Å². The first-order valence-electron chi connectivity index (χ1n) is 6.13. The largest absolute Gasteiger partial charge is 0.394 e. The van der Waals surface area contributed by atoms with Crippen molar-refractivity contribution in [2.45, 2.75) is 62.5 Å². The molecule has 2 N–H and O–H groups in total. The van der Waals surface area contributed by atoms with Gasteiger partial charge in [-0.05, 0) is 37.5 Å². The van der Waals surface area contributed by atoms with Crippen LogP contribution < -0.4 is 5.32 Å². The zero-order valence-electron chi connectivity index (χ0n) is 10.3. The molecule has 0 spiro atoms. The molecular formula is C12H25NOS. The van der Waals surface area contributed by atoms with Crippen LogP contribution in [0.3, 0.4) is 0 Å². The zero-order chi connectivity index (χ0) is 11.3. The molecule has 1 saturated carbocycles. The van der Waals surface area contributed by atoms with Crippen LogP contribution >= 0.6 is 11.8 Å². The van der Waals surface area contributed by atoms with Crippen molar-refractivity contribution in [3.8, 4) is 0 Å². The number of aliphatic hydroxyl groups excluding tert-OH is 1. The Hall–Kier alpha value is 0.270. The van der Waals surface area contributed by atoms with Gasteiger partial charge in [-0.15, -0.1) is 0 Å². The first-order valence-corrected chi connectivity index (χ1v) is 7.07. The van der Waals surface area contributed by atoms with E-state index in [-0.39, 0.29) is 5.54 Å². The van der Waals surface area contributed by atoms with Crippen molar-refractivity contribution in [2.24, 2.45) is 0 Å². The minimum Gasteiger partial charge on any atom is -0.394 e. The third-order valence-corrected chi connectivity index (χ3v) is 4.41. The maximum absolute atomic E-state index is 9.52. The Morgan fingerprint density at radius 1 is 1.53 bits per heavy atom. The second kappa shape index (κ2) is 6.12. The Morgan fingerprint density at radius 2 is 2.27 bits per heavy atom. The number of hydrogen-bond acceptors (Lipinski definition) is 3. The van der Waals surface area contributed by atoms with E-state index in [1.807, 2.05) is 0 Å². The highest BCUT2D eigenvalue weighted by molar-refractivity contribution is 8.00. The minimum atomic E-state index is 0.0303. The molecule has 1 aliphatic carbocycles. The van der Waals surface area contributed by atoms with Crippen molar-refractivity contribution >= 4 is 11.8 Å². The fourth-order valence-electron chi connectivity index (χ4n) is 2.33. The molecule has 2 atom stereocenters. The molecule has 0 saturated heterocycles. The Morgan fingerprint density at radius 3 is 2.80 bits per heavy atom. The molecule has 1 fully saturated rings. The van der Waals surface area contributed by atoms with Gasteiger partial charge in [0.05, 0.1) is 6.61 Å². The molecule has 0 aromatic heterocycles. The first-order chi connectivity index (χ1) is 7.12. The van der Waals surface area contributed by atoms with Crippen LogP contribution in [0.2, 0.25) is 0 Å². The molecule has 0 bridgehead atoms. The molecule has 15 heavy (non-hydrogen) atoms. The summed E-state index contributed by atoms with van der Waals surface area (Å²) in [5.41, 5.74) is 0.0303. The maximum atomic E-state index is 9.52. The van der Waals surface area contributed by atoms with E-state index in [1.165, 1.54) is 6.42 Å². The minimum absolute atomic E-state index is 0.0303. The van der Waals surface area contributed by atoms with Gasteiger partial charge in [0.1, 0.15) is 0 Å². The van der Waals surface area contributed by atoms with E-state index >= 15 is 0 Å². The Labute approximate surface area is 98.2 Å². The van der Waals surface area contributed by atoms with E-state index in [1.54, 1.807) is 0 Å². The summed E-state index contributed by atoms with van der Waals surface area (Å²) in [6.07, 6.45) is 4.66. The van der Waals surface area contributed by atoms with Crippen molar-refractivity contribution < 1.29 is 5.11 Å². The second-order valence-corrected chi connectivity index (χ2v) is 6.80. The number of hydrogen-bond donors (Lipinski definition) is 2. The molecular weight excluding hydrogens is 206 g/mol. The van der Waals surface area contributed by atoms with E-state index in [0.717, 1.165) is 31.1 Å². The zero-order valence-corrected chi connectivity index (χ0v) is 11.1. The van der Waals surface area contributed by atoms with Gasteiger partial charge < -0.3 is 10.4 Å². The predicted molar refractivity (Wildman–Crippen MR) is 68.5 cm³/mol. The topological polar surface area (TPSA) is 32.3 Å². The van der Waals surface area contributed by atoms with Crippen molar-refractivity contribution in [3.05, 3.63) is 0 Å². The third kappa shape index (κ3) is 3.97. The predicted octanol–water partition coefficient (Wildman–Crippen LogP) is 2.41. The molecule has 0 heterocycles. The van der Waals surface area contributed by atoms with Crippen LogP contribution in [0.4, 0.5) is 0 Å². The molecule has 0 aliphatic heterocycles. The highest BCUT2D eigenvalue weighted by atomic mass is 32.2. The molecule has 2 nitrogen and oxygen atoms in total. The Balaban J connectivity index is 2.41. The van der Waals surface area contributed by atoms with E-state index in [2.05, 4.69) is 37.8 Å². The standard InChI is InChI=1S/C12H25NOS/c1-4-7-13-12(9-14)6-5-11(8-12)15-10(2)3/h10-11,13-14H,4-9H2,1-3H3. The van der Waals surface area contributed by atoms with E-state index in [9.17, 15) is 5.11 Å². The highest BCUT2D eigenvalue weighted by Crippen LogP contribution is 2.38. The molecule has 0 radical (unpaired) electrons. The summed E-state index contributed by atoms with van der Waals surface area (Å²) < 4.78 is 0. The second-order valence-electron chi connectivity index (χ2n) is 4.91. The summed E-state index contributed by atoms with van der Waals surface area (Å²) in [4.78, 5) is 0. The lowest BCUT2D eigenvalue weighted by atomic mass is 9.99. The van der Waals surface area contributed by atoms with Gasteiger partial charge in [-0.25, -0.2) is 0 Å². The molecule has 0 aromatic carbocycles. The average Bonchev–Trinajstić information content (AvgIpc) is 2.58. The third-order valence-electron chi connectivity index (χ3n) is 3.08. The summed E-state index contributed by atoms with van der Waals surface area (Å²) in [5, 5.41) is 14.5. The highest BCUT2D eigenvalue weighted by Gasteiger charge is 2.38. The van der Waals surface area contributed by atoms with Crippen LogP contribution in [0.5, 0.6) is 0 Å². The van der Waals surface area contributed by atoms with Crippen molar-refractivity contribution in [1.29, 1.82) is 0 Å². The van der Waals surface area contributed by atoms with E-state index in [4.69, 9.17) is 0 Å². The maximum Gasteiger partial charge on any atom is 0.0613 e. The summed E-state index contributed by atoms with van der Waals surface area (Å²) in [6.45, 7) is 8.00. The molecule has 3 heteroatoms. The number of rotatable bonds is 6. The van der Waals surface area contributed by atoms with Gasteiger partial charge in [0, 0.05) is 10.8 Å². The van der Waals surface area contributed by atoms with Crippen LogP contribution in [0.25, 0.3) is 0 Å². The van der Waals surface area contributed by atoms with Crippen LogP contribution in [-0.2, 0) is 0 Å². The van der Waals surface area contributed by atoms with Gasteiger partial charge in [-0.2, -0.15) is 11.8 Å². The fourth-order valence-corrected chi connectivity index (χ4v) is 3.77.